The second-order valence-electron chi connectivity index (χ2n) is 5.80. The van der Waals surface area contributed by atoms with Crippen molar-refractivity contribution in [1.29, 1.82) is 0 Å². The first kappa shape index (κ1) is 18.5. The van der Waals surface area contributed by atoms with E-state index in [1.807, 2.05) is 30.3 Å². The Hall–Kier alpha value is -3.28. The number of ether oxygens (including phenoxy) is 1. The highest BCUT2D eigenvalue weighted by atomic mass is 19.4. The number of anilines is 1. The molecule has 1 N–H and O–H groups in total. The zero-order valence-corrected chi connectivity index (χ0v) is 14.2. The summed E-state index contributed by atoms with van der Waals surface area (Å²) in [6.07, 6.45) is -4.47. The zero-order valence-electron chi connectivity index (χ0n) is 14.2. The van der Waals surface area contributed by atoms with E-state index >= 15 is 0 Å². The van der Waals surface area contributed by atoms with Gasteiger partial charge in [0, 0.05) is 5.69 Å². The average molecular weight is 371 g/mol. The van der Waals surface area contributed by atoms with Gasteiger partial charge in [-0.05, 0) is 35.9 Å². The van der Waals surface area contributed by atoms with Gasteiger partial charge in [-0.25, -0.2) is 0 Å². The van der Waals surface area contributed by atoms with Gasteiger partial charge in [0.05, 0.1) is 11.1 Å². The number of amides is 1. The van der Waals surface area contributed by atoms with Crippen molar-refractivity contribution in [3.63, 3.8) is 0 Å². The van der Waals surface area contributed by atoms with Crippen LogP contribution in [0.25, 0.3) is 0 Å². The number of benzene rings is 3. The van der Waals surface area contributed by atoms with Gasteiger partial charge in [0.15, 0.2) is 0 Å². The number of carbonyl (C=O) groups excluding carboxylic acids is 1. The van der Waals surface area contributed by atoms with E-state index in [0.717, 1.165) is 17.7 Å². The largest absolute Gasteiger partial charge is 0.488 e. The van der Waals surface area contributed by atoms with Gasteiger partial charge in [-0.15, -0.1) is 0 Å². The van der Waals surface area contributed by atoms with E-state index < -0.39 is 17.6 Å². The van der Waals surface area contributed by atoms with Crippen LogP contribution >= 0.6 is 0 Å². The summed E-state index contributed by atoms with van der Waals surface area (Å²) < 4.78 is 44.2. The minimum atomic E-state index is -4.47. The Morgan fingerprint density at radius 1 is 0.889 bits per heavy atom. The summed E-state index contributed by atoms with van der Waals surface area (Å²) >= 11 is 0. The van der Waals surface area contributed by atoms with Crippen molar-refractivity contribution in [3.05, 3.63) is 95.6 Å². The predicted octanol–water partition coefficient (Wildman–Crippen LogP) is 5.54. The van der Waals surface area contributed by atoms with E-state index in [4.69, 9.17) is 4.74 Å². The molecule has 3 aromatic rings. The second-order valence-corrected chi connectivity index (χ2v) is 5.80. The van der Waals surface area contributed by atoms with Gasteiger partial charge in [-0.1, -0.05) is 48.5 Å². The Labute approximate surface area is 154 Å². The number of hydrogen-bond acceptors (Lipinski definition) is 2. The monoisotopic (exact) mass is 371 g/mol. The lowest BCUT2D eigenvalue weighted by Gasteiger charge is -2.13. The van der Waals surface area contributed by atoms with Crippen LogP contribution in [-0.2, 0) is 12.8 Å². The lowest BCUT2D eigenvalue weighted by molar-refractivity contribution is -0.137. The first-order chi connectivity index (χ1) is 12.9. The molecule has 0 bridgehead atoms. The summed E-state index contributed by atoms with van der Waals surface area (Å²) in [4.78, 5) is 12.5. The SMILES string of the molecule is O=C(Nc1cccc(C(F)(F)F)c1)c1ccccc1OCc1ccccc1. The van der Waals surface area contributed by atoms with Gasteiger partial charge in [0.1, 0.15) is 12.4 Å². The summed E-state index contributed by atoms with van der Waals surface area (Å²) in [5.74, 6) is -0.191. The Morgan fingerprint density at radius 2 is 1.59 bits per heavy atom. The van der Waals surface area contributed by atoms with Crippen LogP contribution < -0.4 is 10.1 Å². The molecule has 6 heteroatoms. The Kier molecular flexibility index (Phi) is 5.45. The molecule has 0 fully saturated rings. The molecule has 0 spiro atoms. The maximum atomic E-state index is 12.8. The summed E-state index contributed by atoms with van der Waals surface area (Å²) in [5.41, 5.74) is 0.415. The van der Waals surface area contributed by atoms with Gasteiger partial charge >= 0.3 is 6.18 Å². The molecule has 0 aliphatic carbocycles. The molecule has 0 saturated heterocycles. The molecule has 138 valence electrons. The Morgan fingerprint density at radius 3 is 2.33 bits per heavy atom. The molecule has 1 amide bonds. The fraction of sp³-hybridized carbons (Fsp3) is 0.0952. The van der Waals surface area contributed by atoms with Crippen molar-refractivity contribution in [1.82, 2.24) is 0 Å². The van der Waals surface area contributed by atoms with Crippen LogP contribution in [-0.4, -0.2) is 5.91 Å². The quantitative estimate of drug-likeness (QED) is 0.640. The number of para-hydroxylation sites is 1. The van der Waals surface area contributed by atoms with Crippen molar-refractivity contribution < 1.29 is 22.7 Å². The maximum absolute atomic E-state index is 12.8. The molecule has 0 aliphatic rings. The molecule has 0 aliphatic heterocycles. The number of carbonyl (C=O) groups is 1. The standard InChI is InChI=1S/C21H16F3NO2/c22-21(23,24)16-9-6-10-17(13-16)25-20(26)18-11-4-5-12-19(18)27-14-15-7-2-1-3-8-15/h1-13H,14H2,(H,25,26). The smallest absolute Gasteiger partial charge is 0.416 e. The first-order valence-corrected chi connectivity index (χ1v) is 8.18. The lowest BCUT2D eigenvalue weighted by Crippen LogP contribution is -2.14. The predicted molar refractivity (Wildman–Crippen MR) is 96.6 cm³/mol. The third-order valence-corrected chi connectivity index (χ3v) is 3.82. The number of halogens is 3. The van der Waals surface area contributed by atoms with Crippen molar-refractivity contribution in [3.8, 4) is 5.75 Å². The third-order valence-electron chi connectivity index (χ3n) is 3.82. The minimum Gasteiger partial charge on any atom is -0.488 e. The summed E-state index contributed by atoms with van der Waals surface area (Å²) in [7, 11) is 0. The molecule has 3 nitrogen and oxygen atoms in total. The molecule has 0 atom stereocenters. The first-order valence-electron chi connectivity index (χ1n) is 8.18. The Balaban J connectivity index is 1.75. The number of nitrogens with one attached hydrogen (secondary N) is 1. The molecule has 0 aromatic heterocycles. The van der Waals surface area contributed by atoms with E-state index in [9.17, 15) is 18.0 Å². The topological polar surface area (TPSA) is 38.3 Å². The normalized spacial score (nSPS) is 11.1. The van der Waals surface area contributed by atoms with Gasteiger partial charge in [-0.3, -0.25) is 4.79 Å². The fourth-order valence-corrected chi connectivity index (χ4v) is 2.49. The number of alkyl halides is 3. The van der Waals surface area contributed by atoms with Gasteiger partial charge in [0.25, 0.3) is 5.91 Å². The van der Waals surface area contributed by atoms with Crippen molar-refractivity contribution in [2.24, 2.45) is 0 Å². The summed E-state index contributed by atoms with van der Waals surface area (Å²) in [5, 5.41) is 2.49. The average Bonchev–Trinajstić information content (AvgIpc) is 2.67. The molecule has 0 heterocycles. The van der Waals surface area contributed by atoms with E-state index in [-0.39, 0.29) is 17.9 Å². The van der Waals surface area contributed by atoms with Crippen molar-refractivity contribution >= 4 is 11.6 Å². The fourth-order valence-electron chi connectivity index (χ4n) is 2.49. The molecule has 0 radical (unpaired) electrons. The van der Waals surface area contributed by atoms with Crippen LogP contribution in [0.3, 0.4) is 0 Å². The second kappa shape index (κ2) is 7.95. The van der Waals surface area contributed by atoms with Crippen LogP contribution in [0.4, 0.5) is 18.9 Å². The molecule has 27 heavy (non-hydrogen) atoms. The lowest BCUT2D eigenvalue weighted by atomic mass is 10.1. The molecular formula is C21H16F3NO2. The number of hydrogen-bond donors (Lipinski definition) is 1. The van der Waals surface area contributed by atoms with Crippen LogP contribution in [0.15, 0.2) is 78.9 Å². The molecule has 0 saturated carbocycles. The van der Waals surface area contributed by atoms with Crippen LogP contribution in [0, 0.1) is 0 Å². The van der Waals surface area contributed by atoms with Gasteiger partial charge in [0.2, 0.25) is 0 Å². The highest BCUT2D eigenvalue weighted by Gasteiger charge is 2.30. The van der Waals surface area contributed by atoms with Crippen LogP contribution in [0.1, 0.15) is 21.5 Å². The van der Waals surface area contributed by atoms with Crippen LogP contribution in [0.5, 0.6) is 5.75 Å². The molecular weight excluding hydrogens is 355 g/mol. The van der Waals surface area contributed by atoms with Gasteiger partial charge in [-0.2, -0.15) is 13.2 Å². The van der Waals surface area contributed by atoms with Crippen molar-refractivity contribution in [2.45, 2.75) is 12.8 Å². The van der Waals surface area contributed by atoms with E-state index in [0.29, 0.717) is 5.75 Å². The number of rotatable bonds is 5. The maximum Gasteiger partial charge on any atom is 0.416 e. The highest BCUT2D eigenvalue weighted by Crippen LogP contribution is 2.31. The summed E-state index contributed by atoms with van der Waals surface area (Å²) in [6, 6.07) is 20.5. The van der Waals surface area contributed by atoms with Crippen LogP contribution in [0.2, 0.25) is 0 Å². The Bertz CT molecular complexity index is 924. The van der Waals surface area contributed by atoms with E-state index in [2.05, 4.69) is 5.32 Å². The van der Waals surface area contributed by atoms with Gasteiger partial charge < -0.3 is 10.1 Å². The van der Waals surface area contributed by atoms with E-state index in [1.165, 1.54) is 12.1 Å². The van der Waals surface area contributed by atoms with Crippen molar-refractivity contribution in [2.75, 3.05) is 5.32 Å². The molecule has 0 unspecified atom stereocenters. The third kappa shape index (κ3) is 4.88. The highest BCUT2D eigenvalue weighted by molar-refractivity contribution is 6.06. The van der Waals surface area contributed by atoms with E-state index in [1.54, 1.807) is 24.3 Å². The summed E-state index contributed by atoms with van der Waals surface area (Å²) in [6.45, 7) is 0.273. The zero-order chi connectivity index (χ0) is 19.3. The minimum absolute atomic E-state index is 0.0627. The molecule has 3 rings (SSSR count). The molecule has 3 aromatic carbocycles.